The predicted octanol–water partition coefficient (Wildman–Crippen LogP) is 2.20. The number of anilines is 2. The molecule has 0 aromatic heterocycles. The van der Waals surface area contributed by atoms with Crippen LogP contribution in [-0.2, 0) is 0 Å². The standard InChI is InChI=1S/C13H18FN3OS/c14-8-1-6-11(12(7-8)17-13(15)19)16-9-2-4-10(18)5-3-9/h1,6-7,9-10,16,18H,2-5H2,(H3,15,17,19). The summed E-state index contributed by atoms with van der Waals surface area (Å²) in [4.78, 5) is 0. The minimum Gasteiger partial charge on any atom is -0.393 e. The SMILES string of the molecule is NC(=S)Nc1cc(F)ccc1NC1CCC(O)CC1. The number of halogens is 1. The number of rotatable bonds is 3. The molecule has 1 aliphatic rings. The molecule has 1 aromatic rings. The summed E-state index contributed by atoms with van der Waals surface area (Å²) in [6.07, 6.45) is 3.17. The van der Waals surface area contributed by atoms with Crippen molar-refractivity contribution in [1.29, 1.82) is 0 Å². The third kappa shape index (κ3) is 4.04. The van der Waals surface area contributed by atoms with Crippen molar-refractivity contribution in [3.8, 4) is 0 Å². The Morgan fingerprint density at radius 3 is 2.58 bits per heavy atom. The van der Waals surface area contributed by atoms with Crippen LogP contribution in [0.2, 0.25) is 0 Å². The summed E-state index contributed by atoms with van der Waals surface area (Å²) < 4.78 is 13.2. The van der Waals surface area contributed by atoms with Crippen LogP contribution >= 0.6 is 12.2 Å². The number of nitrogens with two attached hydrogens (primary N) is 1. The lowest BCUT2D eigenvalue weighted by molar-refractivity contribution is 0.126. The van der Waals surface area contributed by atoms with Crippen LogP contribution in [-0.4, -0.2) is 22.4 Å². The number of nitrogens with one attached hydrogen (secondary N) is 2. The Balaban J connectivity index is 2.08. The zero-order valence-electron chi connectivity index (χ0n) is 10.5. The molecular formula is C13H18FN3OS. The van der Waals surface area contributed by atoms with Gasteiger partial charge >= 0.3 is 0 Å². The number of hydrogen-bond acceptors (Lipinski definition) is 3. The van der Waals surface area contributed by atoms with E-state index in [9.17, 15) is 9.50 Å². The summed E-state index contributed by atoms with van der Waals surface area (Å²) in [5.41, 5.74) is 6.75. The first-order valence-electron chi connectivity index (χ1n) is 6.35. The van der Waals surface area contributed by atoms with E-state index in [0.29, 0.717) is 5.69 Å². The highest BCUT2D eigenvalue weighted by Crippen LogP contribution is 2.27. The number of thiocarbonyl (C=S) groups is 1. The van der Waals surface area contributed by atoms with Crippen LogP contribution in [0.25, 0.3) is 0 Å². The molecule has 0 radical (unpaired) electrons. The fourth-order valence-electron chi connectivity index (χ4n) is 2.32. The molecule has 0 amide bonds. The van der Waals surface area contributed by atoms with Gasteiger partial charge in [0.05, 0.1) is 17.5 Å². The van der Waals surface area contributed by atoms with Crippen LogP contribution in [0.5, 0.6) is 0 Å². The lowest BCUT2D eigenvalue weighted by Gasteiger charge is -2.28. The smallest absolute Gasteiger partial charge is 0.168 e. The molecular weight excluding hydrogens is 265 g/mol. The molecule has 0 unspecified atom stereocenters. The molecule has 0 heterocycles. The fourth-order valence-corrected chi connectivity index (χ4v) is 2.43. The molecule has 0 bridgehead atoms. The van der Waals surface area contributed by atoms with E-state index in [1.807, 2.05) is 0 Å². The molecule has 104 valence electrons. The van der Waals surface area contributed by atoms with Gasteiger partial charge in [0, 0.05) is 6.04 Å². The largest absolute Gasteiger partial charge is 0.393 e. The Morgan fingerprint density at radius 2 is 1.95 bits per heavy atom. The summed E-state index contributed by atoms with van der Waals surface area (Å²) in [6, 6.07) is 4.70. The van der Waals surface area contributed by atoms with Crippen molar-refractivity contribution in [2.45, 2.75) is 37.8 Å². The van der Waals surface area contributed by atoms with Crippen LogP contribution in [0.1, 0.15) is 25.7 Å². The molecule has 1 saturated carbocycles. The highest BCUT2D eigenvalue weighted by atomic mass is 32.1. The zero-order chi connectivity index (χ0) is 13.8. The van der Waals surface area contributed by atoms with Gasteiger partial charge in [-0.1, -0.05) is 0 Å². The van der Waals surface area contributed by atoms with E-state index in [-0.39, 0.29) is 23.1 Å². The average molecular weight is 283 g/mol. The molecule has 1 fully saturated rings. The third-order valence-electron chi connectivity index (χ3n) is 3.30. The third-order valence-corrected chi connectivity index (χ3v) is 3.40. The van der Waals surface area contributed by atoms with Crippen molar-refractivity contribution in [2.75, 3.05) is 10.6 Å². The maximum atomic E-state index is 13.2. The summed E-state index contributed by atoms with van der Waals surface area (Å²) in [6.45, 7) is 0. The highest BCUT2D eigenvalue weighted by molar-refractivity contribution is 7.80. The molecule has 0 atom stereocenters. The normalized spacial score (nSPS) is 22.8. The van der Waals surface area contributed by atoms with Gasteiger partial charge in [-0.3, -0.25) is 0 Å². The van der Waals surface area contributed by atoms with Crippen LogP contribution in [0.4, 0.5) is 15.8 Å². The Morgan fingerprint density at radius 1 is 1.26 bits per heavy atom. The fraction of sp³-hybridized carbons (Fsp3) is 0.462. The lowest BCUT2D eigenvalue weighted by Crippen LogP contribution is -2.29. The molecule has 0 spiro atoms. The van der Waals surface area contributed by atoms with E-state index < -0.39 is 0 Å². The van der Waals surface area contributed by atoms with E-state index in [4.69, 9.17) is 18.0 Å². The highest BCUT2D eigenvalue weighted by Gasteiger charge is 2.20. The lowest BCUT2D eigenvalue weighted by atomic mass is 9.93. The first kappa shape index (κ1) is 14.0. The van der Waals surface area contributed by atoms with Crippen LogP contribution in [0.15, 0.2) is 18.2 Å². The van der Waals surface area contributed by atoms with Gasteiger partial charge in [-0.2, -0.15) is 0 Å². The van der Waals surface area contributed by atoms with Crippen molar-refractivity contribution >= 4 is 28.7 Å². The van der Waals surface area contributed by atoms with Crippen LogP contribution in [0, 0.1) is 5.82 Å². The molecule has 1 aromatic carbocycles. The molecule has 1 aliphatic carbocycles. The van der Waals surface area contributed by atoms with Gasteiger partial charge in [0.15, 0.2) is 5.11 Å². The Kier molecular flexibility index (Phi) is 4.55. The first-order chi connectivity index (χ1) is 9.04. The minimum absolute atomic E-state index is 0.104. The summed E-state index contributed by atoms with van der Waals surface area (Å²) in [5, 5.41) is 15.7. The van der Waals surface area contributed by atoms with Gasteiger partial charge in [0.25, 0.3) is 0 Å². The quantitative estimate of drug-likeness (QED) is 0.640. The molecule has 5 N–H and O–H groups in total. The summed E-state index contributed by atoms with van der Waals surface area (Å²) in [7, 11) is 0. The van der Waals surface area contributed by atoms with Crippen molar-refractivity contribution in [3.63, 3.8) is 0 Å². The van der Waals surface area contributed by atoms with Gasteiger partial charge in [-0.15, -0.1) is 0 Å². The second-order valence-corrected chi connectivity index (χ2v) is 5.27. The molecule has 2 rings (SSSR count). The Bertz CT molecular complexity index is 461. The zero-order valence-corrected chi connectivity index (χ0v) is 11.3. The van der Waals surface area contributed by atoms with Gasteiger partial charge in [-0.25, -0.2) is 4.39 Å². The van der Waals surface area contributed by atoms with Gasteiger partial charge in [0.1, 0.15) is 5.82 Å². The van der Waals surface area contributed by atoms with Crippen LogP contribution in [0.3, 0.4) is 0 Å². The summed E-state index contributed by atoms with van der Waals surface area (Å²) >= 11 is 4.78. The van der Waals surface area contributed by atoms with Gasteiger partial charge < -0.3 is 21.5 Å². The van der Waals surface area contributed by atoms with Crippen molar-refractivity contribution < 1.29 is 9.50 Å². The second-order valence-electron chi connectivity index (χ2n) is 4.83. The number of hydrogen-bond donors (Lipinski definition) is 4. The Hall–Kier alpha value is -1.40. The van der Waals surface area contributed by atoms with Crippen molar-refractivity contribution in [1.82, 2.24) is 0 Å². The van der Waals surface area contributed by atoms with Crippen LogP contribution < -0.4 is 16.4 Å². The number of aliphatic hydroxyl groups is 1. The molecule has 6 heteroatoms. The monoisotopic (exact) mass is 283 g/mol. The van der Waals surface area contributed by atoms with Gasteiger partial charge in [-0.05, 0) is 56.1 Å². The number of aliphatic hydroxyl groups excluding tert-OH is 1. The Labute approximate surface area is 117 Å². The van der Waals surface area contributed by atoms with E-state index in [2.05, 4.69) is 10.6 Å². The number of benzene rings is 1. The topological polar surface area (TPSA) is 70.3 Å². The van der Waals surface area contributed by atoms with Crippen molar-refractivity contribution in [2.24, 2.45) is 5.73 Å². The molecule has 19 heavy (non-hydrogen) atoms. The van der Waals surface area contributed by atoms with E-state index in [1.54, 1.807) is 6.07 Å². The molecule has 4 nitrogen and oxygen atoms in total. The summed E-state index contributed by atoms with van der Waals surface area (Å²) in [5.74, 6) is -0.344. The predicted molar refractivity (Wildman–Crippen MR) is 78.7 cm³/mol. The van der Waals surface area contributed by atoms with Crippen molar-refractivity contribution in [3.05, 3.63) is 24.0 Å². The second kappa shape index (κ2) is 6.16. The maximum absolute atomic E-state index is 13.2. The minimum atomic E-state index is -0.344. The first-order valence-corrected chi connectivity index (χ1v) is 6.76. The van der Waals surface area contributed by atoms with Gasteiger partial charge in [0.2, 0.25) is 0 Å². The van der Waals surface area contributed by atoms with E-state index in [1.165, 1.54) is 12.1 Å². The average Bonchev–Trinajstić information content (AvgIpc) is 2.34. The maximum Gasteiger partial charge on any atom is 0.168 e. The van der Waals surface area contributed by atoms with E-state index in [0.717, 1.165) is 31.4 Å². The molecule has 0 aliphatic heterocycles. The van der Waals surface area contributed by atoms with E-state index >= 15 is 0 Å². The molecule has 0 saturated heterocycles.